The summed E-state index contributed by atoms with van der Waals surface area (Å²) >= 11 is 0. The minimum absolute atomic E-state index is 0.0310. The van der Waals surface area contributed by atoms with Gasteiger partial charge in [0.2, 0.25) is 0 Å². The molecule has 0 aromatic carbocycles. The third-order valence-electron chi connectivity index (χ3n) is 3.30. The number of aromatic nitrogens is 3. The smallest absolute Gasteiger partial charge is 0.426 e. The van der Waals surface area contributed by atoms with E-state index in [2.05, 4.69) is 9.97 Å². The van der Waals surface area contributed by atoms with Crippen LogP contribution in [0.1, 0.15) is 19.4 Å². The number of carboxylic acid groups (broad SMARTS) is 2. The van der Waals surface area contributed by atoms with Gasteiger partial charge in [-0.2, -0.15) is 0 Å². The molecule has 0 unspecified atom stereocenters. The van der Waals surface area contributed by atoms with Crippen LogP contribution in [0.3, 0.4) is 0 Å². The maximum Gasteiger partial charge on any atom is 0.426 e. The summed E-state index contributed by atoms with van der Waals surface area (Å²) in [5.74, 6) is 0. The largest absolute Gasteiger partial charge is 0.464 e. The zero-order valence-corrected chi connectivity index (χ0v) is 12.5. The molecule has 0 radical (unpaired) electrons. The average Bonchev–Trinajstić information content (AvgIpc) is 3.01. The van der Waals surface area contributed by atoms with Gasteiger partial charge in [0, 0.05) is 36.7 Å². The maximum atomic E-state index is 10.9. The molecule has 0 saturated heterocycles. The number of hydrogen-bond donors (Lipinski definition) is 3. The lowest BCUT2D eigenvalue weighted by atomic mass is 10.2. The van der Waals surface area contributed by atoms with Crippen LogP contribution in [0.4, 0.5) is 9.59 Å². The van der Waals surface area contributed by atoms with Crippen molar-refractivity contribution in [3.63, 3.8) is 0 Å². The van der Waals surface area contributed by atoms with Gasteiger partial charge in [-0.05, 0) is 25.5 Å². The summed E-state index contributed by atoms with van der Waals surface area (Å²) < 4.78 is 1.85. The van der Waals surface area contributed by atoms with E-state index in [9.17, 15) is 9.59 Å². The van der Waals surface area contributed by atoms with Crippen LogP contribution in [0, 0.1) is 0 Å². The number of imidazole rings is 1. The van der Waals surface area contributed by atoms with Crippen LogP contribution in [0.15, 0.2) is 37.1 Å². The number of rotatable bonds is 5. The van der Waals surface area contributed by atoms with Gasteiger partial charge >= 0.3 is 12.2 Å². The average molecular weight is 319 g/mol. The molecule has 23 heavy (non-hydrogen) atoms. The highest BCUT2D eigenvalue weighted by Crippen LogP contribution is 2.19. The van der Waals surface area contributed by atoms with Crippen molar-refractivity contribution in [1.29, 1.82) is 0 Å². The van der Waals surface area contributed by atoms with Crippen LogP contribution in [0.25, 0.3) is 11.3 Å². The molecule has 3 N–H and O–H groups in total. The number of amides is 2. The number of hydrogen-bond acceptors (Lipinski definition) is 4. The predicted molar refractivity (Wildman–Crippen MR) is 80.7 cm³/mol. The molecular weight excluding hydrogens is 302 g/mol. The summed E-state index contributed by atoms with van der Waals surface area (Å²) in [7, 11) is 0. The molecule has 0 saturated carbocycles. The van der Waals surface area contributed by atoms with E-state index in [0.717, 1.165) is 11.3 Å². The van der Waals surface area contributed by atoms with Gasteiger partial charge in [-0.1, -0.05) is 0 Å². The van der Waals surface area contributed by atoms with E-state index in [-0.39, 0.29) is 12.6 Å². The normalized spacial score (nSPS) is 11.7. The Morgan fingerprint density at radius 1 is 1.43 bits per heavy atom. The fourth-order valence-electron chi connectivity index (χ4n) is 2.02. The van der Waals surface area contributed by atoms with E-state index in [1.54, 1.807) is 18.7 Å². The Balaban J connectivity index is 1.98. The Kier molecular flexibility index (Phi) is 5.13. The molecule has 2 amide bonds. The van der Waals surface area contributed by atoms with Gasteiger partial charge in [0.05, 0.1) is 12.0 Å². The first kappa shape index (κ1) is 16.3. The second kappa shape index (κ2) is 7.25. The van der Waals surface area contributed by atoms with Gasteiger partial charge in [-0.15, -0.1) is 0 Å². The summed E-state index contributed by atoms with van der Waals surface area (Å²) in [6, 6.07) is 3.67. The van der Waals surface area contributed by atoms with Gasteiger partial charge in [-0.3, -0.25) is 4.98 Å². The van der Waals surface area contributed by atoms with Crippen LogP contribution in [-0.2, 0) is 0 Å². The number of nitrogens with one attached hydrogen (secondary N) is 1. The molecule has 0 fully saturated rings. The Morgan fingerprint density at radius 3 is 2.83 bits per heavy atom. The standard InChI is InChI=1S/C14H17N5O4/c1-10(4-6-19(14(22)23)17-13(20)21)18-8-12(16-9-18)11-3-2-5-15-7-11/h2-3,5,7-10,17H,4,6H2,1H3,(H,20,21)(H,22,23)/t10-/m1/s1. The molecule has 9 nitrogen and oxygen atoms in total. The van der Waals surface area contributed by atoms with Gasteiger partial charge < -0.3 is 14.8 Å². The Labute approximate surface area is 132 Å². The highest BCUT2D eigenvalue weighted by molar-refractivity contribution is 5.71. The molecule has 0 aliphatic carbocycles. The lowest BCUT2D eigenvalue weighted by Gasteiger charge is -2.20. The van der Waals surface area contributed by atoms with Gasteiger partial charge in [0.25, 0.3) is 0 Å². The van der Waals surface area contributed by atoms with Crippen molar-refractivity contribution in [3.8, 4) is 11.3 Å². The van der Waals surface area contributed by atoms with E-state index in [1.807, 2.05) is 35.2 Å². The quantitative estimate of drug-likeness (QED) is 0.725. The van der Waals surface area contributed by atoms with E-state index >= 15 is 0 Å². The van der Waals surface area contributed by atoms with E-state index in [4.69, 9.17) is 10.2 Å². The van der Waals surface area contributed by atoms with Crippen molar-refractivity contribution in [2.75, 3.05) is 6.54 Å². The van der Waals surface area contributed by atoms with Crippen molar-refractivity contribution in [2.45, 2.75) is 19.4 Å². The Morgan fingerprint density at radius 2 is 2.22 bits per heavy atom. The molecule has 2 aromatic heterocycles. The van der Waals surface area contributed by atoms with E-state index in [1.165, 1.54) is 0 Å². The summed E-state index contributed by atoms with van der Waals surface area (Å²) in [5.41, 5.74) is 3.49. The van der Waals surface area contributed by atoms with E-state index < -0.39 is 12.2 Å². The lowest BCUT2D eigenvalue weighted by molar-refractivity contribution is 0.107. The molecule has 0 spiro atoms. The minimum atomic E-state index is -1.42. The SMILES string of the molecule is C[C@H](CCN(NC(=O)O)C(=O)O)n1cnc(-c2cccnc2)c1. The summed E-state index contributed by atoms with van der Waals surface area (Å²) in [6.07, 6.45) is 4.55. The van der Waals surface area contributed by atoms with Crippen LogP contribution in [-0.4, -0.2) is 48.5 Å². The van der Waals surface area contributed by atoms with Crippen LogP contribution < -0.4 is 5.43 Å². The number of carbonyl (C=O) groups is 2. The number of pyridine rings is 1. The molecule has 2 rings (SSSR count). The monoisotopic (exact) mass is 319 g/mol. The molecule has 0 aliphatic rings. The zero-order chi connectivity index (χ0) is 16.8. The summed E-state index contributed by atoms with van der Waals surface area (Å²) in [5, 5.41) is 18.2. The molecule has 2 aromatic rings. The van der Waals surface area contributed by atoms with Gasteiger partial charge in [0.15, 0.2) is 0 Å². The second-order valence-electron chi connectivity index (χ2n) is 4.94. The maximum absolute atomic E-state index is 10.9. The van der Waals surface area contributed by atoms with Crippen LogP contribution >= 0.6 is 0 Å². The fraction of sp³-hybridized carbons (Fsp3) is 0.286. The van der Waals surface area contributed by atoms with Gasteiger partial charge in [-0.25, -0.2) is 25.0 Å². The van der Waals surface area contributed by atoms with Crippen LogP contribution in [0.2, 0.25) is 0 Å². The van der Waals surface area contributed by atoms with Crippen molar-refractivity contribution in [1.82, 2.24) is 25.0 Å². The first-order chi connectivity index (χ1) is 11.0. The molecule has 0 bridgehead atoms. The van der Waals surface area contributed by atoms with Crippen molar-refractivity contribution in [3.05, 3.63) is 37.1 Å². The lowest BCUT2D eigenvalue weighted by Crippen LogP contribution is -2.45. The van der Waals surface area contributed by atoms with Crippen molar-refractivity contribution < 1.29 is 19.8 Å². The molecule has 0 aliphatic heterocycles. The number of nitrogens with zero attached hydrogens (tertiary/aromatic N) is 4. The van der Waals surface area contributed by atoms with Gasteiger partial charge in [0.1, 0.15) is 0 Å². The highest BCUT2D eigenvalue weighted by atomic mass is 16.4. The third kappa shape index (κ3) is 4.43. The molecule has 122 valence electrons. The fourth-order valence-corrected chi connectivity index (χ4v) is 2.02. The summed E-state index contributed by atoms with van der Waals surface area (Å²) in [4.78, 5) is 29.8. The first-order valence-corrected chi connectivity index (χ1v) is 6.91. The minimum Gasteiger partial charge on any atom is -0.464 e. The Bertz CT molecular complexity index is 673. The zero-order valence-electron chi connectivity index (χ0n) is 12.5. The number of hydrazine groups is 1. The second-order valence-corrected chi connectivity index (χ2v) is 4.94. The first-order valence-electron chi connectivity index (χ1n) is 6.91. The van der Waals surface area contributed by atoms with E-state index in [0.29, 0.717) is 11.4 Å². The topological polar surface area (TPSA) is 121 Å². The molecule has 2 heterocycles. The van der Waals surface area contributed by atoms with Crippen molar-refractivity contribution >= 4 is 12.2 Å². The van der Waals surface area contributed by atoms with Crippen LogP contribution in [0.5, 0.6) is 0 Å². The molecular formula is C14H17N5O4. The van der Waals surface area contributed by atoms with Crippen molar-refractivity contribution in [2.24, 2.45) is 0 Å². The molecule has 1 atom stereocenters. The highest BCUT2D eigenvalue weighted by Gasteiger charge is 2.16. The Hall–Kier alpha value is -3.10. The summed E-state index contributed by atoms with van der Waals surface area (Å²) in [6.45, 7) is 1.93. The predicted octanol–water partition coefficient (Wildman–Crippen LogP) is 2.06. The molecule has 9 heteroatoms. The third-order valence-corrected chi connectivity index (χ3v) is 3.30.